The molecule has 0 amide bonds. The van der Waals surface area contributed by atoms with Crippen molar-refractivity contribution < 1.29 is 9.47 Å². The van der Waals surface area contributed by atoms with Crippen LogP contribution in [0.5, 0.6) is 11.5 Å². The molecule has 3 aromatic rings. The van der Waals surface area contributed by atoms with Crippen LogP contribution in [0.3, 0.4) is 0 Å². The molecule has 0 aliphatic heterocycles. The van der Waals surface area contributed by atoms with Crippen molar-refractivity contribution in [1.29, 1.82) is 5.26 Å². The van der Waals surface area contributed by atoms with Gasteiger partial charge in [0.25, 0.3) is 0 Å². The molecule has 0 bridgehead atoms. The molecule has 0 aliphatic rings. The Balaban J connectivity index is 1.84. The Morgan fingerprint density at radius 2 is 2.04 bits per heavy atom. The smallest absolute Gasteiger partial charge is 0.161 e. The van der Waals surface area contributed by atoms with Crippen LogP contribution in [0.15, 0.2) is 42.5 Å². The molecule has 27 heavy (non-hydrogen) atoms. The number of ether oxygens (including phenoxy) is 2. The third kappa shape index (κ3) is 4.48. The monoisotopic (exact) mass is 361 g/mol. The minimum absolute atomic E-state index is 0.463. The number of allylic oxidation sites excluding steroid dienone is 1. The zero-order chi connectivity index (χ0) is 19.1. The Morgan fingerprint density at radius 1 is 1.19 bits per heavy atom. The number of para-hydroxylation sites is 2. The molecule has 0 spiro atoms. The topological polar surface area (TPSA) is 70.9 Å². The van der Waals surface area contributed by atoms with E-state index < -0.39 is 0 Å². The molecule has 0 saturated heterocycles. The molecule has 5 nitrogen and oxygen atoms in total. The Kier molecular flexibility index (Phi) is 6.11. The van der Waals surface area contributed by atoms with Crippen molar-refractivity contribution >= 4 is 22.7 Å². The van der Waals surface area contributed by atoms with Crippen molar-refractivity contribution in [2.45, 2.75) is 26.2 Å². The van der Waals surface area contributed by atoms with E-state index in [0.29, 0.717) is 29.5 Å². The lowest BCUT2D eigenvalue weighted by atomic mass is 10.1. The predicted molar refractivity (Wildman–Crippen MR) is 108 cm³/mol. The van der Waals surface area contributed by atoms with E-state index in [9.17, 15) is 5.26 Å². The number of benzene rings is 2. The van der Waals surface area contributed by atoms with Crippen LogP contribution >= 0.6 is 0 Å². The van der Waals surface area contributed by atoms with Gasteiger partial charge in [0.1, 0.15) is 11.9 Å². The summed E-state index contributed by atoms with van der Waals surface area (Å²) in [5, 5.41) is 9.58. The Hall–Kier alpha value is -3.26. The molecule has 0 saturated carbocycles. The molecular weight excluding hydrogens is 338 g/mol. The molecule has 0 unspecified atom stereocenters. The van der Waals surface area contributed by atoms with Crippen molar-refractivity contribution in [1.82, 2.24) is 9.97 Å². The molecule has 5 heteroatoms. The van der Waals surface area contributed by atoms with Gasteiger partial charge in [-0.1, -0.05) is 38.0 Å². The number of imidazole rings is 1. The van der Waals surface area contributed by atoms with E-state index in [1.807, 2.05) is 42.5 Å². The summed E-state index contributed by atoms with van der Waals surface area (Å²) < 4.78 is 11.3. The fraction of sp³-hybridized carbons (Fsp3) is 0.273. The van der Waals surface area contributed by atoms with Gasteiger partial charge in [-0.25, -0.2) is 4.98 Å². The third-order valence-electron chi connectivity index (χ3n) is 4.27. The highest BCUT2D eigenvalue weighted by Crippen LogP contribution is 2.30. The number of hydrogen-bond acceptors (Lipinski definition) is 4. The molecule has 138 valence electrons. The second-order valence-electron chi connectivity index (χ2n) is 6.24. The van der Waals surface area contributed by atoms with Crippen molar-refractivity contribution in [2.75, 3.05) is 13.7 Å². The Labute approximate surface area is 159 Å². The lowest BCUT2D eigenvalue weighted by molar-refractivity contribution is 0.286. The first kappa shape index (κ1) is 18.5. The number of nitrogens with one attached hydrogen (secondary N) is 1. The largest absolute Gasteiger partial charge is 0.493 e. The number of unbranched alkanes of at least 4 members (excludes halogenated alkanes) is 2. The molecule has 0 radical (unpaired) electrons. The Morgan fingerprint density at radius 3 is 2.78 bits per heavy atom. The van der Waals surface area contributed by atoms with Gasteiger partial charge in [-0.05, 0) is 42.3 Å². The summed E-state index contributed by atoms with van der Waals surface area (Å²) in [6.07, 6.45) is 5.11. The summed E-state index contributed by atoms with van der Waals surface area (Å²) >= 11 is 0. The number of fused-ring (bicyclic) bond motifs is 1. The number of aromatic amines is 1. The van der Waals surface area contributed by atoms with E-state index in [0.717, 1.165) is 35.9 Å². The second-order valence-corrected chi connectivity index (χ2v) is 6.24. The number of aromatic nitrogens is 2. The van der Waals surface area contributed by atoms with Crippen molar-refractivity contribution in [3.63, 3.8) is 0 Å². The van der Waals surface area contributed by atoms with E-state index in [-0.39, 0.29) is 0 Å². The van der Waals surface area contributed by atoms with Gasteiger partial charge in [0.2, 0.25) is 0 Å². The van der Waals surface area contributed by atoms with Crippen LogP contribution in [0.25, 0.3) is 22.7 Å². The maximum atomic E-state index is 9.58. The predicted octanol–water partition coefficient (Wildman–Crippen LogP) is 5.20. The van der Waals surface area contributed by atoms with Crippen LogP contribution in [0.4, 0.5) is 0 Å². The van der Waals surface area contributed by atoms with Gasteiger partial charge < -0.3 is 14.5 Å². The molecule has 3 rings (SSSR count). The summed E-state index contributed by atoms with van der Waals surface area (Å²) in [5.41, 5.74) is 3.05. The highest BCUT2D eigenvalue weighted by molar-refractivity contribution is 5.90. The van der Waals surface area contributed by atoms with Crippen LogP contribution in [0.2, 0.25) is 0 Å². The van der Waals surface area contributed by atoms with E-state index >= 15 is 0 Å². The van der Waals surface area contributed by atoms with E-state index in [1.165, 1.54) is 0 Å². The number of hydrogen-bond donors (Lipinski definition) is 1. The molecule has 0 aliphatic carbocycles. The highest BCUT2D eigenvalue weighted by Gasteiger charge is 2.10. The normalized spacial score (nSPS) is 11.4. The number of H-pyrrole nitrogens is 1. The van der Waals surface area contributed by atoms with Gasteiger partial charge in [0.15, 0.2) is 11.5 Å². The SMILES string of the molecule is CCCCCOc1ccc(C=C(C#N)c2nc3ccccc3[nH]2)cc1OC. The molecule has 1 N–H and O–H groups in total. The number of rotatable bonds is 8. The first-order chi connectivity index (χ1) is 13.2. The fourth-order valence-corrected chi connectivity index (χ4v) is 2.83. The minimum atomic E-state index is 0.463. The first-order valence-corrected chi connectivity index (χ1v) is 9.13. The van der Waals surface area contributed by atoms with Gasteiger partial charge >= 0.3 is 0 Å². The lowest BCUT2D eigenvalue weighted by Crippen LogP contribution is -1.99. The van der Waals surface area contributed by atoms with Crippen molar-refractivity contribution in [3.8, 4) is 17.6 Å². The van der Waals surface area contributed by atoms with E-state index in [1.54, 1.807) is 13.2 Å². The van der Waals surface area contributed by atoms with Gasteiger partial charge in [0.05, 0.1) is 30.3 Å². The Bertz CT molecular complexity index is 950. The number of nitrogens with zero attached hydrogens (tertiary/aromatic N) is 2. The fourth-order valence-electron chi connectivity index (χ4n) is 2.83. The van der Waals surface area contributed by atoms with Crippen LogP contribution in [0.1, 0.15) is 37.6 Å². The standard InChI is InChI=1S/C22H23N3O2/c1-3-4-7-12-27-20-11-10-16(14-21(20)26-2)13-17(15-23)22-24-18-8-5-6-9-19(18)25-22/h5-6,8-11,13-14H,3-4,7,12H2,1-2H3,(H,24,25). The number of methoxy groups -OCH3 is 1. The summed E-state index contributed by atoms with van der Waals surface area (Å²) in [4.78, 5) is 7.68. The maximum Gasteiger partial charge on any atom is 0.161 e. The van der Waals surface area contributed by atoms with Crippen LogP contribution in [-0.2, 0) is 0 Å². The van der Waals surface area contributed by atoms with Gasteiger partial charge in [-0.3, -0.25) is 0 Å². The molecule has 1 heterocycles. The molecule has 0 atom stereocenters. The minimum Gasteiger partial charge on any atom is -0.493 e. The average Bonchev–Trinajstić information content (AvgIpc) is 3.14. The lowest BCUT2D eigenvalue weighted by Gasteiger charge is -2.11. The summed E-state index contributed by atoms with van der Waals surface area (Å²) in [6.45, 7) is 2.83. The summed E-state index contributed by atoms with van der Waals surface area (Å²) in [5.74, 6) is 1.92. The average molecular weight is 361 g/mol. The quantitative estimate of drug-likeness (QED) is 0.442. The molecule has 2 aromatic carbocycles. The van der Waals surface area contributed by atoms with Gasteiger partial charge in [0, 0.05) is 0 Å². The van der Waals surface area contributed by atoms with Crippen LogP contribution in [-0.4, -0.2) is 23.7 Å². The third-order valence-corrected chi connectivity index (χ3v) is 4.27. The van der Waals surface area contributed by atoms with Crippen LogP contribution < -0.4 is 9.47 Å². The maximum absolute atomic E-state index is 9.58. The van der Waals surface area contributed by atoms with Crippen molar-refractivity contribution in [2.24, 2.45) is 0 Å². The van der Waals surface area contributed by atoms with E-state index in [4.69, 9.17) is 9.47 Å². The molecular formula is C22H23N3O2. The molecule has 0 fully saturated rings. The second kappa shape index (κ2) is 8.91. The van der Waals surface area contributed by atoms with Gasteiger partial charge in [-0.15, -0.1) is 0 Å². The zero-order valence-electron chi connectivity index (χ0n) is 15.7. The van der Waals surface area contributed by atoms with Crippen molar-refractivity contribution in [3.05, 3.63) is 53.9 Å². The molecule has 1 aromatic heterocycles. The summed E-state index contributed by atoms with van der Waals surface area (Å²) in [7, 11) is 1.62. The first-order valence-electron chi connectivity index (χ1n) is 9.13. The van der Waals surface area contributed by atoms with E-state index in [2.05, 4.69) is 23.0 Å². The highest BCUT2D eigenvalue weighted by atomic mass is 16.5. The zero-order valence-corrected chi connectivity index (χ0v) is 15.7. The van der Waals surface area contributed by atoms with Crippen LogP contribution in [0, 0.1) is 11.3 Å². The summed E-state index contributed by atoms with van der Waals surface area (Å²) in [6, 6.07) is 15.6. The van der Waals surface area contributed by atoms with Gasteiger partial charge in [-0.2, -0.15) is 5.26 Å². The number of nitriles is 1.